The van der Waals surface area contributed by atoms with Gasteiger partial charge in [-0.25, -0.2) is 0 Å². The second kappa shape index (κ2) is 6.45. The van der Waals surface area contributed by atoms with Gasteiger partial charge in [-0.1, -0.05) is 24.6 Å². The number of carbonyl (C=O) groups is 1. The SMILES string of the molecule is CCCOCC(=O)c1ccc(I)c(Cl)c1. The van der Waals surface area contributed by atoms with Crippen LogP contribution in [-0.4, -0.2) is 19.0 Å². The van der Waals surface area contributed by atoms with E-state index in [2.05, 4.69) is 22.6 Å². The Balaban J connectivity index is 2.62. The maximum Gasteiger partial charge on any atom is 0.188 e. The highest BCUT2D eigenvalue weighted by atomic mass is 127. The molecule has 0 saturated carbocycles. The molecule has 0 aromatic heterocycles. The highest BCUT2D eigenvalue weighted by molar-refractivity contribution is 14.1. The lowest BCUT2D eigenvalue weighted by Gasteiger charge is -2.03. The Morgan fingerprint density at radius 2 is 2.27 bits per heavy atom. The van der Waals surface area contributed by atoms with Crippen LogP contribution in [0.1, 0.15) is 23.7 Å². The Morgan fingerprint density at radius 3 is 2.87 bits per heavy atom. The molecule has 0 aliphatic rings. The van der Waals surface area contributed by atoms with Gasteiger partial charge in [0.1, 0.15) is 6.61 Å². The van der Waals surface area contributed by atoms with Crippen LogP contribution >= 0.6 is 34.2 Å². The second-order valence-electron chi connectivity index (χ2n) is 3.10. The molecule has 1 rings (SSSR count). The van der Waals surface area contributed by atoms with Crippen molar-refractivity contribution in [2.24, 2.45) is 0 Å². The van der Waals surface area contributed by atoms with Gasteiger partial charge < -0.3 is 4.74 Å². The molecule has 0 amide bonds. The minimum Gasteiger partial charge on any atom is -0.373 e. The molecule has 0 spiro atoms. The molecule has 2 nitrogen and oxygen atoms in total. The van der Waals surface area contributed by atoms with Crippen molar-refractivity contribution >= 4 is 40.0 Å². The number of ketones is 1. The van der Waals surface area contributed by atoms with Gasteiger partial charge in [0, 0.05) is 15.7 Å². The van der Waals surface area contributed by atoms with Crippen molar-refractivity contribution in [1.82, 2.24) is 0 Å². The Hall–Kier alpha value is -0.130. The van der Waals surface area contributed by atoms with E-state index in [4.69, 9.17) is 16.3 Å². The maximum absolute atomic E-state index is 11.6. The Kier molecular flexibility index (Phi) is 5.56. The molecule has 0 aliphatic heterocycles. The summed E-state index contributed by atoms with van der Waals surface area (Å²) in [6, 6.07) is 5.28. The van der Waals surface area contributed by atoms with Gasteiger partial charge in [0.15, 0.2) is 5.78 Å². The molecule has 0 saturated heterocycles. The average Bonchev–Trinajstić information content (AvgIpc) is 2.22. The van der Waals surface area contributed by atoms with Crippen LogP contribution in [0, 0.1) is 3.57 Å². The van der Waals surface area contributed by atoms with Crippen molar-refractivity contribution in [3.8, 4) is 0 Å². The quantitative estimate of drug-likeness (QED) is 0.466. The summed E-state index contributed by atoms with van der Waals surface area (Å²) in [6.07, 6.45) is 0.917. The van der Waals surface area contributed by atoms with Gasteiger partial charge in [-0.2, -0.15) is 0 Å². The van der Waals surface area contributed by atoms with E-state index in [1.807, 2.05) is 13.0 Å². The van der Waals surface area contributed by atoms with Gasteiger partial charge in [-0.3, -0.25) is 4.79 Å². The molecule has 0 unspecified atom stereocenters. The fourth-order valence-electron chi connectivity index (χ4n) is 1.06. The molecule has 0 atom stereocenters. The fourth-order valence-corrected chi connectivity index (χ4v) is 1.58. The summed E-state index contributed by atoms with van der Waals surface area (Å²) in [6.45, 7) is 2.75. The fraction of sp³-hybridized carbons (Fsp3) is 0.364. The van der Waals surface area contributed by atoms with Crippen molar-refractivity contribution in [2.75, 3.05) is 13.2 Å². The van der Waals surface area contributed by atoms with Crippen molar-refractivity contribution in [2.45, 2.75) is 13.3 Å². The van der Waals surface area contributed by atoms with Gasteiger partial charge in [0.25, 0.3) is 0 Å². The minimum atomic E-state index is -0.0262. The molecule has 0 heterocycles. The predicted molar refractivity (Wildman–Crippen MR) is 69.6 cm³/mol. The van der Waals surface area contributed by atoms with E-state index >= 15 is 0 Å². The van der Waals surface area contributed by atoms with Crippen LogP contribution in [0.5, 0.6) is 0 Å². The van der Waals surface area contributed by atoms with E-state index in [0.717, 1.165) is 9.99 Å². The summed E-state index contributed by atoms with van der Waals surface area (Å²) >= 11 is 8.04. The van der Waals surface area contributed by atoms with Crippen molar-refractivity contribution in [3.05, 3.63) is 32.4 Å². The number of carbonyl (C=O) groups excluding carboxylic acids is 1. The van der Waals surface area contributed by atoms with Crippen molar-refractivity contribution in [1.29, 1.82) is 0 Å². The zero-order chi connectivity index (χ0) is 11.3. The standard InChI is InChI=1S/C11H12ClIO2/c1-2-5-15-7-11(14)8-3-4-10(13)9(12)6-8/h3-4,6H,2,5,7H2,1H3. The molecule has 0 bridgehead atoms. The van der Waals surface area contributed by atoms with Crippen LogP contribution in [0.3, 0.4) is 0 Å². The lowest BCUT2D eigenvalue weighted by atomic mass is 10.1. The lowest BCUT2D eigenvalue weighted by molar-refractivity contribution is 0.0761. The topological polar surface area (TPSA) is 26.3 Å². The molecule has 0 radical (unpaired) electrons. The number of rotatable bonds is 5. The van der Waals surface area contributed by atoms with Gasteiger partial charge in [0.2, 0.25) is 0 Å². The van der Waals surface area contributed by atoms with Gasteiger partial charge in [-0.15, -0.1) is 0 Å². The van der Waals surface area contributed by atoms with E-state index in [0.29, 0.717) is 17.2 Å². The first-order valence-electron chi connectivity index (χ1n) is 4.71. The first-order chi connectivity index (χ1) is 7.15. The third kappa shape index (κ3) is 4.09. The number of hydrogen-bond donors (Lipinski definition) is 0. The number of benzene rings is 1. The number of hydrogen-bond acceptors (Lipinski definition) is 2. The Labute approximate surface area is 108 Å². The van der Waals surface area contributed by atoms with Gasteiger partial charge >= 0.3 is 0 Å². The van der Waals surface area contributed by atoms with Crippen LogP contribution in [0.4, 0.5) is 0 Å². The third-order valence-corrected chi connectivity index (χ3v) is 3.40. The zero-order valence-corrected chi connectivity index (χ0v) is 11.3. The van der Waals surface area contributed by atoms with E-state index in [-0.39, 0.29) is 12.4 Å². The third-order valence-electron chi connectivity index (χ3n) is 1.82. The molecule has 0 N–H and O–H groups in total. The molecule has 82 valence electrons. The smallest absolute Gasteiger partial charge is 0.188 e. The van der Waals surface area contributed by atoms with Crippen LogP contribution in [0.25, 0.3) is 0 Å². The Morgan fingerprint density at radius 1 is 1.53 bits per heavy atom. The molecular weight excluding hydrogens is 326 g/mol. The number of Topliss-reactive ketones (excluding diaryl/α,β-unsaturated/α-hetero) is 1. The summed E-state index contributed by atoms with van der Waals surface area (Å²) in [4.78, 5) is 11.6. The largest absolute Gasteiger partial charge is 0.373 e. The maximum atomic E-state index is 11.6. The van der Waals surface area contributed by atoms with Crippen molar-refractivity contribution < 1.29 is 9.53 Å². The molecule has 0 aliphatic carbocycles. The second-order valence-corrected chi connectivity index (χ2v) is 4.67. The van der Waals surface area contributed by atoms with Crippen LogP contribution in [0.2, 0.25) is 5.02 Å². The first-order valence-corrected chi connectivity index (χ1v) is 6.16. The monoisotopic (exact) mass is 338 g/mol. The lowest BCUT2D eigenvalue weighted by Crippen LogP contribution is -2.09. The normalized spacial score (nSPS) is 10.3. The van der Waals surface area contributed by atoms with Crippen LogP contribution in [0.15, 0.2) is 18.2 Å². The van der Waals surface area contributed by atoms with Gasteiger partial charge in [0.05, 0.1) is 5.02 Å². The zero-order valence-electron chi connectivity index (χ0n) is 8.43. The minimum absolute atomic E-state index is 0.0262. The van der Waals surface area contributed by atoms with E-state index in [9.17, 15) is 4.79 Å². The molecule has 15 heavy (non-hydrogen) atoms. The van der Waals surface area contributed by atoms with Crippen LogP contribution < -0.4 is 0 Å². The summed E-state index contributed by atoms with van der Waals surface area (Å²) < 4.78 is 6.12. The molecule has 1 aromatic rings. The first kappa shape index (κ1) is 12.9. The molecule has 1 aromatic carbocycles. The summed E-state index contributed by atoms with van der Waals surface area (Å²) in [5, 5.41) is 0.608. The van der Waals surface area contributed by atoms with Gasteiger partial charge in [-0.05, 0) is 41.1 Å². The van der Waals surface area contributed by atoms with Crippen molar-refractivity contribution in [3.63, 3.8) is 0 Å². The number of ether oxygens (including phenoxy) is 1. The predicted octanol–water partition coefficient (Wildman–Crippen LogP) is 3.55. The highest BCUT2D eigenvalue weighted by Gasteiger charge is 2.07. The summed E-state index contributed by atoms with van der Waals surface area (Å²) in [5.41, 5.74) is 0.608. The average molecular weight is 339 g/mol. The van der Waals surface area contributed by atoms with E-state index < -0.39 is 0 Å². The van der Waals surface area contributed by atoms with Crippen LogP contribution in [-0.2, 0) is 4.74 Å². The van der Waals surface area contributed by atoms with E-state index in [1.54, 1.807) is 12.1 Å². The Bertz CT molecular complexity index is 352. The molecule has 0 fully saturated rings. The molecule has 4 heteroatoms. The number of halogens is 2. The highest BCUT2D eigenvalue weighted by Crippen LogP contribution is 2.19. The summed E-state index contributed by atoms with van der Waals surface area (Å²) in [7, 11) is 0. The molecular formula is C11H12ClIO2. The summed E-state index contributed by atoms with van der Waals surface area (Å²) in [5.74, 6) is -0.0262. The van der Waals surface area contributed by atoms with E-state index in [1.165, 1.54) is 0 Å².